The van der Waals surface area contributed by atoms with Gasteiger partial charge in [0, 0.05) is 29.5 Å². The second kappa shape index (κ2) is 10.9. The number of nitrogens with zero attached hydrogens (tertiary/aromatic N) is 5. The number of halogens is 1. The normalized spacial score (nSPS) is 12.6. The Kier molecular flexibility index (Phi) is 7.19. The monoisotopic (exact) mass is 546 g/mol. The van der Waals surface area contributed by atoms with Gasteiger partial charge in [-0.2, -0.15) is 5.10 Å². The average Bonchev–Trinajstić information content (AvgIpc) is 3.69. The molecule has 5 rings (SSSR count). The number of nitrogens with two attached hydrogens (primary N) is 1. The summed E-state index contributed by atoms with van der Waals surface area (Å²) >= 11 is 5.88. The van der Waals surface area contributed by atoms with E-state index in [4.69, 9.17) is 17.3 Å². The van der Waals surface area contributed by atoms with Crippen LogP contribution in [0.2, 0.25) is 5.15 Å². The highest BCUT2D eigenvalue weighted by Gasteiger charge is 2.34. The van der Waals surface area contributed by atoms with Crippen LogP contribution < -0.4 is 16.4 Å². The molecule has 39 heavy (non-hydrogen) atoms. The Morgan fingerprint density at radius 1 is 1.08 bits per heavy atom. The molecule has 198 valence electrons. The minimum absolute atomic E-state index is 0.0435. The first kappa shape index (κ1) is 25.8. The molecule has 1 fully saturated rings. The highest BCUT2D eigenvalue weighted by atomic mass is 35.5. The summed E-state index contributed by atoms with van der Waals surface area (Å²) in [6.07, 6.45) is 4.55. The number of carbonyl (C=O) groups excluding carboxylic acids is 4. The predicted octanol–water partition coefficient (Wildman–Crippen LogP) is 2.46. The second-order valence-electron chi connectivity index (χ2n) is 8.94. The van der Waals surface area contributed by atoms with E-state index >= 15 is 0 Å². The van der Waals surface area contributed by atoms with E-state index in [0.29, 0.717) is 22.2 Å². The van der Waals surface area contributed by atoms with Crippen LogP contribution in [0.1, 0.15) is 33.7 Å². The van der Waals surface area contributed by atoms with E-state index in [1.165, 1.54) is 15.8 Å². The molecule has 1 aliphatic rings. The first-order valence-corrected chi connectivity index (χ1v) is 12.4. The minimum atomic E-state index is -0.783. The molecule has 1 aromatic carbocycles. The Morgan fingerprint density at radius 3 is 2.59 bits per heavy atom. The van der Waals surface area contributed by atoms with Crippen molar-refractivity contribution >= 4 is 57.6 Å². The number of benzene rings is 1. The summed E-state index contributed by atoms with van der Waals surface area (Å²) in [5.74, 6) is -1.64. The molecule has 12 nitrogen and oxygen atoms in total. The average molecular weight is 547 g/mol. The Bertz CT molecular complexity index is 1590. The number of rotatable bonds is 9. The standard InChI is InChI=1S/C26H23ClN8O4/c27-20-4-1-5-21(31-20)32-22(36)13-34(17-7-8-17)23(37)14-35-19-9-6-16(11-18(19)24(33-35)25(28)38)30-26(39)15-3-2-10-29-12-15/h1-6,9-12,17H,7-8,13-14H2,(H2,28,38)(H,30,39)(H,31,32,36). The fourth-order valence-electron chi connectivity index (χ4n) is 4.10. The molecular formula is C26H23ClN8O4. The van der Waals surface area contributed by atoms with Crippen LogP contribution in [0.4, 0.5) is 11.5 Å². The molecule has 0 atom stereocenters. The zero-order chi connectivity index (χ0) is 27.5. The van der Waals surface area contributed by atoms with Gasteiger partial charge in [0.15, 0.2) is 5.69 Å². The van der Waals surface area contributed by atoms with Crippen molar-refractivity contribution in [2.45, 2.75) is 25.4 Å². The van der Waals surface area contributed by atoms with Crippen LogP contribution in [0.5, 0.6) is 0 Å². The van der Waals surface area contributed by atoms with Crippen LogP contribution in [-0.4, -0.2) is 60.9 Å². The maximum Gasteiger partial charge on any atom is 0.269 e. The van der Waals surface area contributed by atoms with Crippen LogP contribution in [-0.2, 0) is 16.1 Å². The lowest BCUT2D eigenvalue weighted by molar-refractivity contribution is -0.135. The fourth-order valence-corrected chi connectivity index (χ4v) is 4.26. The number of aromatic nitrogens is 4. The van der Waals surface area contributed by atoms with Crippen LogP contribution in [0, 0.1) is 0 Å². The van der Waals surface area contributed by atoms with E-state index in [2.05, 4.69) is 25.7 Å². The van der Waals surface area contributed by atoms with E-state index < -0.39 is 11.8 Å². The Labute approximate surface area is 227 Å². The summed E-state index contributed by atoms with van der Waals surface area (Å²) in [5, 5.41) is 10.3. The van der Waals surface area contributed by atoms with Crippen molar-refractivity contribution in [2.75, 3.05) is 17.2 Å². The van der Waals surface area contributed by atoms with E-state index in [1.807, 2.05) is 0 Å². The van der Waals surface area contributed by atoms with E-state index in [-0.39, 0.29) is 47.6 Å². The van der Waals surface area contributed by atoms with Gasteiger partial charge in [-0.25, -0.2) is 4.98 Å². The number of anilines is 2. The van der Waals surface area contributed by atoms with Crippen molar-refractivity contribution < 1.29 is 19.2 Å². The SMILES string of the molecule is NC(=O)c1nn(CC(=O)N(CC(=O)Nc2cccc(Cl)n2)C2CC2)c2ccc(NC(=O)c3cccnc3)cc12. The molecule has 0 aliphatic heterocycles. The molecule has 4 aromatic rings. The highest BCUT2D eigenvalue weighted by Crippen LogP contribution is 2.28. The number of fused-ring (bicyclic) bond motifs is 1. The Hall–Kier alpha value is -4.84. The molecule has 4 N–H and O–H groups in total. The summed E-state index contributed by atoms with van der Waals surface area (Å²) in [4.78, 5) is 60.1. The summed E-state index contributed by atoms with van der Waals surface area (Å²) in [6, 6.07) is 12.9. The van der Waals surface area contributed by atoms with Gasteiger partial charge in [0.05, 0.1) is 11.1 Å². The van der Waals surface area contributed by atoms with E-state index in [0.717, 1.165) is 12.8 Å². The molecule has 13 heteroatoms. The molecule has 0 unspecified atom stereocenters. The van der Waals surface area contributed by atoms with Crippen molar-refractivity contribution in [1.82, 2.24) is 24.6 Å². The lowest BCUT2D eigenvalue weighted by atomic mass is 10.1. The third-order valence-corrected chi connectivity index (χ3v) is 6.27. The molecule has 0 saturated heterocycles. The molecule has 1 aliphatic carbocycles. The zero-order valence-corrected chi connectivity index (χ0v) is 21.3. The van der Waals surface area contributed by atoms with Gasteiger partial charge in [0.2, 0.25) is 11.8 Å². The number of primary amides is 1. The van der Waals surface area contributed by atoms with Gasteiger partial charge in [-0.15, -0.1) is 0 Å². The number of carbonyl (C=O) groups is 4. The molecule has 4 amide bonds. The van der Waals surface area contributed by atoms with Crippen LogP contribution >= 0.6 is 11.6 Å². The van der Waals surface area contributed by atoms with Gasteiger partial charge in [-0.05, 0) is 55.3 Å². The van der Waals surface area contributed by atoms with Crippen molar-refractivity contribution in [1.29, 1.82) is 0 Å². The number of hydrogen-bond donors (Lipinski definition) is 3. The third kappa shape index (κ3) is 6.02. The first-order valence-electron chi connectivity index (χ1n) is 12.0. The Morgan fingerprint density at radius 2 is 1.90 bits per heavy atom. The van der Waals surface area contributed by atoms with Gasteiger partial charge in [0.1, 0.15) is 24.1 Å². The number of pyridine rings is 2. The van der Waals surface area contributed by atoms with Crippen molar-refractivity contribution in [2.24, 2.45) is 5.73 Å². The predicted molar refractivity (Wildman–Crippen MR) is 143 cm³/mol. The molecule has 3 heterocycles. The summed E-state index contributed by atoms with van der Waals surface area (Å²) in [5.41, 5.74) is 6.77. The minimum Gasteiger partial charge on any atom is -0.364 e. The zero-order valence-electron chi connectivity index (χ0n) is 20.5. The number of hydrogen-bond acceptors (Lipinski definition) is 7. The number of amides is 4. The van der Waals surface area contributed by atoms with Crippen LogP contribution in [0.15, 0.2) is 60.9 Å². The highest BCUT2D eigenvalue weighted by molar-refractivity contribution is 6.29. The largest absolute Gasteiger partial charge is 0.364 e. The topological polar surface area (TPSA) is 165 Å². The van der Waals surface area contributed by atoms with Crippen molar-refractivity contribution in [3.8, 4) is 0 Å². The lowest BCUT2D eigenvalue weighted by Crippen LogP contribution is -2.41. The van der Waals surface area contributed by atoms with E-state index in [9.17, 15) is 19.2 Å². The van der Waals surface area contributed by atoms with Gasteiger partial charge < -0.3 is 21.3 Å². The Balaban J connectivity index is 1.34. The molecule has 3 aromatic heterocycles. The number of nitrogens with one attached hydrogen (secondary N) is 2. The second-order valence-corrected chi connectivity index (χ2v) is 9.33. The summed E-state index contributed by atoms with van der Waals surface area (Å²) in [7, 11) is 0. The maximum atomic E-state index is 13.3. The molecular weight excluding hydrogens is 524 g/mol. The summed E-state index contributed by atoms with van der Waals surface area (Å²) in [6.45, 7) is -0.394. The third-order valence-electron chi connectivity index (χ3n) is 6.06. The van der Waals surface area contributed by atoms with Gasteiger partial charge in [0.25, 0.3) is 11.8 Å². The summed E-state index contributed by atoms with van der Waals surface area (Å²) < 4.78 is 1.37. The lowest BCUT2D eigenvalue weighted by Gasteiger charge is -2.22. The fraction of sp³-hybridized carbons (Fsp3) is 0.192. The first-order chi connectivity index (χ1) is 18.8. The quantitative estimate of drug-likeness (QED) is 0.271. The molecule has 0 radical (unpaired) electrons. The molecule has 1 saturated carbocycles. The molecule has 0 spiro atoms. The van der Waals surface area contributed by atoms with Gasteiger partial charge in [-0.3, -0.25) is 28.8 Å². The van der Waals surface area contributed by atoms with Crippen molar-refractivity contribution in [3.05, 3.63) is 77.3 Å². The smallest absolute Gasteiger partial charge is 0.269 e. The van der Waals surface area contributed by atoms with Crippen LogP contribution in [0.25, 0.3) is 10.9 Å². The van der Waals surface area contributed by atoms with Gasteiger partial charge in [-0.1, -0.05) is 17.7 Å². The van der Waals surface area contributed by atoms with Crippen LogP contribution in [0.3, 0.4) is 0 Å². The van der Waals surface area contributed by atoms with E-state index in [1.54, 1.807) is 54.7 Å². The maximum absolute atomic E-state index is 13.3. The molecule has 0 bridgehead atoms. The van der Waals surface area contributed by atoms with Crippen molar-refractivity contribution in [3.63, 3.8) is 0 Å². The van der Waals surface area contributed by atoms with Gasteiger partial charge >= 0.3 is 0 Å².